The monoisotopic (exact) mass is 841 g/mol. The fraction of sp³-hybridized carbons (Fsp3) is 0.171. The summed E-state index contributed by atoms with van der Waals surface area (Å²) in [5.41, 5.74) is 0.371. The number of urea groups is 1. The topological polar surface area (TPSA) is 154 Å². The molecule has 0 saturated carbocycles. The number of carbonyl (C=O) groups excluding carboxylic acids is 3. The quantitative estimate of drug-likeness (QED) is 0.126. The van der Waals surface area contributed by atoms with Crippen molar-refractivity contribution in [1.29, 1.82) is 0 Å². The Morgan fingerprint density at radius 2 is 1.25 bits per heavy atom. The summed E-state index contributed by atoms with van der Waals surface area (Å²) in [6.45, 7) is 0. The van der Waals surface area contributed by atoms with Crippen LogP contribution in [0.5, 0.6) is 0 Å². The SMILES string of the molecule is Bc1nc2cc(N(C)C(=O)[C@H](Cc3cc(F)cc(F)c3)NS(=O)(=O)NC(=O)N[C@@H](Cc3cc(F)cc(F)c3)C(=O)N(C)c3ccc4sc(B)nc4c3F)ccc2s1. The molecule has 2 atom stereocenters. The molecule has 2 aromatic heterocycles. The molecule has 0 unspecified atom stereocenters. The lowest BCUT2D eigenvalue weighted by Gasteiger charge is -2.26. The Kier molecular flexibility index (Phi) is 12.0. The van der Waals surface area contributed by atoms with E-state index in [1.807, 2.05) is 4.72 Å². The number of nitrogens with one attached hydrogen (secondary N) is 3. The van der Waals surface area contributed by atoms with Gasteiger partial charge in [-0.05, 0) is 72.1 Å². The van der Waals surface area contributed by atoms with Crippen LogP contribution in [0.15, 0.2) is 66.7 Å². The number of nitrogens with zero attached hydrogens (tertiary/aromatic N) is 4. The Morgan fingerprint density at radius 1 is 0.719 bits per heavy atom. The van der Waals surface area contributed by atoms with Crippen LogP contribution in [0.25, 0.3) is 20.4 Å². The van der Waals surface area contributed by atoms with Gasteiger partial charge in [0.05, 0.1) is 20.6 Å². The van der Waals surface area contributed by atoms with Crippen molar-refractivity contribution in [2.75, 3.05) is 23.9 Å². The van der Waals surface area contributed by atoms with E-state index in [2.05, 4.69) is 15.3 Å². The zero-order valence-electron chi connectivity index (χ0n) is 30.4. The third kappa shape index (κ3) is 9.75. The number of benzene rings is 4. The molecule has 12 nitrogen and oxygen atoms in total. The predicted octanol–water partition coefficient (Wildman–Crippen LogP) is 2.10. The molecule has 0 bridgehead atoms. The van der Waals surface area contributed by atoms with Crippen LogP contribution in [0.1, 0.15) is 11.1 Å². The minimum atomic E-state index is -5.04. The van der Waals surface area contributed by atoms with Crippen molar-refractivity contribution in [2.45, 2.75) is 24.9 Å². The summed E-state index contributed by atoms with van der Waals surface area (Å²) in [6.07, 6.45) is -1.16. The molecule has 0 radical (unpaired) electrons. The first-order valence-corrected chi connectivity index (χ1v) is 20.0. The van der Waals surface area contributed by atoms with Crippen LogP contribution in [-0.2, 0) is 32.6 Å². The number of anilines is 2. The molecular formula is C35H30B2F5N7O5S3. The average molecular weight is 841 g/mol. The lowest BCUT2D eigenvalue weighted by atomic mass is 10.0. The van der Waals surface area contributed by atoms with Gasteiger partial charge in [-0.2, -0.15) is 13.1 Å². The highest BCUT2D eigenvalue weighted by atomic mass is 32.2. The molecule has 0 spiro atoms. The van der Waals surface area contributed by atoms with Gasteiger partial charge in [0.25, 0.3) is 0 Å². The molecule has 4 aromatic carbocycles. The van der Waals surface area contributed by atoms with Crippen molar-refractivity contribution < 1.29 is 44.8 Å². The number of likely N-dealkylation sites (N-methyl/N-ethyl adjacent to an activating group) is 2. The molecule has 22 heteroatoms. The largest absolute Gasteiger partial charge is 0.330 e. The number of thiazole rings is 2. The summed E-state index contributed by atoms with van der Waals surface area (Å²) in [7, 11) is 0.944. The fourth-order valence-corrected chi connectivity index (χ4v) is 8.66. The van der Waals surface area contributed by atoms with Crippen LogP contribution in [-0.4, -0.2) is 78.1 Å². The van der Waals surface area contributed by atoms with Gasteiger partial charge in [0, 0.05) is 48.2 Å². The zero-order chi connectivity index (χ0) is 41.3. The highest BCUT2D eigenvalue weighted by Gasteiger charge is 2.32. The van der Waals surface area contributed by atoms with Gasteiger partial charge in [0.2, 0.25) is 11.8 Å². The second kappa shape index (κ2) is 16.6. The van der Waals surface area contributed by atoms with E-state index in [4.69, 9.17) is 0 Å². The van der Waals surface area contributed by atoms with Crippen LogP contribution in [0.4, 0.5) is 38.1 Å². The second-order valence-corrected chi connectivity index (χ2v) is 16.8. The number of fused-ring (bicyclic) bond motifs is 2. The Morgan fingerprint density at radius 3 is 1.86 bits per heavy atom. The predicted molar refractivity (Wildman–Crippen MR) is 214 cm³/mol. The van der Waals surface area contributed by atoms with E-state index < -0.39 is 82.1 Å². The van der Waals surface area contributed by atoms with E-state index in [1.54, 1.807) is 38.6 Å². The van der Waals surface area contributed by atoms with E-state index in [9.17, 15) is 40.4 Å². The molecule has 3 N–H and O–H groups in total. The van der Waals surface area contributed by atoms with Gasteiger partial charge in [-0.1, -0.05) is 0 Å². The molecule has 6 aromatic rings. The molecule has 4 amide bonds. The molecular weight excluding hydrogens is 811 g/mol. The van der Waals surface area contributed by atoms with Crippen molar-refractivity contribution in [3.8, 4) is 0 Å². The molecule has 57 heavy (non-hydrogen) atoms. The summed E-state index contributed by atoms with van der Waals surface area (Å²) in [5.74, 6) is -6.76. The van der Waals surface area contributed by atoms with Crippen LogP contribution in [0, 0.1) is 29.1 Å². The average Bonchev–Trinajstić information content (AvgIpc) is 3.69. The Labute approximate surface area is 332 Å². The van der Waals surface area contributed by atoms with Crippen molar-refractivity contribution in [2.24, 2.45) is 0 Å². The molecule has 294 valence electrons. The first kappa shape index (κ1) is 41.2. The van der Waals surface area contributed by atoms with E-state index in [-0.39, 0.29) is 22.3 Å². The minimum absolute atomic E-state index is 0.0178. The summed E-state index contributed by atoms with van der Waals surface area (Å²) in [6, 6.07) is 7.45. The van der Waals surface area contributed by atoms with E-state index >= 15 is 4.39 Å². The lowest BCUT2D eigenvalue weighted by molar-refractivity contribution is -0.120. The number of rotatable bonds is 12. The maximum absolute atomic E-state index is 15.6. The second-order valence-electron chi connectivity index (χ2n) is 12.9. The smallest absolute Gasteiger partial charge is 0.325 e. The van der Waals surface area contributed by atoms with Crippen LogP contribution >= 0.6 is 22.7 Å². The van der Waals surface area contributed by atoms with Gasteiger partial charge < -0.3 is 15.1 Å². The van der Waals surface area contributed by atoms with Gasteiger partial charge in [-0.25, -0.2) is 36.5 Å². The van der Waals surface area contributed by atoms with Crippen LogP contribution in [0.2, 0.25) is 0 Å². The van der Waals surface area contributed by atoms with Gasteiger partial charge in [-0.3, -0.25) is 14.6 Å². The third-order valence-electron chi connectivity index (χ3n) is 8.62. The molecule has 0 aliphatic heterocycles. The molecule has 0 aliphatic carbocycles. The first-order chi connectivity index (χ1) is 26.8. The van der Waals surface area contributed by atoms with Gasteiger partial charge in [0.1, 0.15) is 40.9 Å². The summed E-state index contributed by atoms with van der Waals surface area (Å²) in [5, 5.41) is 2.16. The van der Waals surface area contributed by atoms with Crippen molar-refractivity contribution in [3.63, 3.8) is 0 Å². The standard InChI is InChI=1S/C35H30B2F5N7O5S3/c1-48(22-3-5-27-23(15-22)43-33(36)55-27)32(51)25(12-17-9-20(40)14-21(41)10-17)46-57(53,54)47-35(52)44-24(11-16-7-18(38)13-19(39)8-16)31(50)49(2)26-4-6-28-30(29(26)42)45-34(37)56-28/h3-10,13-15,24-25,46H,11-12,36-37H2,1-2H3,(H2,44,47,52)/t24-,25-/m0/s1. The summed E-state index contributed by atoms with van der Waals surface area (Å²) < 4.78 is 104. The Balaban J connectivity index is 1.26. The zero-order valence-corrected chi connectivity index (χ0v) is 32.8. The number of aromatic nitrogens is 2. The van der Waals surface area contributed by atoms with E-state index in [0.29, 0.717) is 32.9 Å². The van der Waals surface area contributed by atoms with Crippen molar-refractivity contribution in [3.05, 3.63) is 107 Å². The molecule has 0 aliphatic rings. The third-order valence-corrected chi connectivity index (χ3v) is 11.6. The van der Waals surface area contributed by atoms with Gasteiger partial charge >= 0.3 is 16.2 Å². The van der Waals surface area contributed by atoms with Gasteiger partial charge in [-0.15, -0.1) is 22.7 Å². The molecule has 2 heterocycles. The minimum Gasteiger partial charge on any atom is -0.325 e. The maximum atomic E-state index is 15.6. The van der Waals surface area contributed by atoms with Crippen LogP contribution in [0.3, 0.4) is 0 Å². The number of hydrogen-bond acceptors (Lipinski definition) is 9. The van der Waals surface area contributed by atoms with E-state index in [1.165, 1.54) is 48.9 Å². The van der Waals surface area contributed by atoms with Crippen molar-refractivity contribution in [1.82, 2.24) is 24.7 Å². The Bertz CT molecular complexity index is 2630. The number of halogens is 5. The lowest BCUT2D eigenvalue weighted by Crippen LogP contribution is -2.57. The normalized spacial score (nSPS) is 12.7. The maximum Gasteiger partial charge on any atom is 0.330 e. The highest BCUT2D eigenvalue weighted by molar-refractivity contribution is 7.88. The fourth-order valence-electron chi connectivity index (χ4n) is 6.11. The number of carbonyl (C=O) groups is 3. The first-order valence-electron chi connectivity index (χ1n) is 16.8. The molecule has 0 saturated heterocycles. The molecule has 6 rings (SSSR count). The van der Waals surface area contributed by atoms with Crippen LogP contribution < -0.4 is 34.4 Å². The molecule has 0 fully saturated rings. The van der Waals surface area contributed by atoms with Crippen molar-refractivity contribution >= 4 is 108 Å². The Hall–Kier alpha value is -5.44. The highest BCUT2D eigenvalue weighted by Crippen LogP contribution is 2.28. The number of hydrogen-bond donors (Lipinski definition) is 3. The number of amides is 4. The van der Waals surface area contributed by atoms with E-state index in [0.717, 1.165) is 43.7 Å². The van der Waals surface area contributed by atoms with Gasteiger partial charge in [0.15, 0.2) is 21.5 Å². The summed E-state index contributed by atoms with van der Waals surface area (Å²) >= 11 is 2.63. The summed E-state index contributed by atoms with van der Waals surface area (Å²) in [4.78, 5) is 52.9.